The molecule has 0 unspecified atom stereocenters. The van der Waals surface area contributed by atoms with Crippen molar-refractivity contribution in [3.05, 3.63) is 16.4 Å². The molecule has 62 valence electrons. The minimum atomic E-state index is -0.439. The first-order valence-corrected chi connectivity index (χ1v) is 3.84. The molecule has 12 heavy (non-hydrogen) atoms. The molecule has 0 aliphatic rings. The first-order valence-electron chi connectivity index (χ1n) is 3.02. The van der Waals surface area contributed by atoms with Crippen molar-refractivity contribution >= 4 is 21.4 Å². The fraction of sp³-hybridized carbons (Fsp3) is 0. The average Bonchev–Trinajstić information content (AvgIpc) is 2.29. The summed E-state index contributed by atoms with van der Waals surface area (Å²) in [4.78, 5) is 15.0. The fourth-order valence-corrected chi connectivity index (χ4v) is 1.48. The van der Waals surface area contributed by atoms with Crippen LogP contribution in [0.3, 0.4) is 0 Å². The van der Waals surface area contributed by atoms with E-state index in [9.17, 15) is 4.79 Å². The van der Waals surface area contributed by atoms with Gasteiger partial charge in [-0.1, -0.05) is 11.3 Å². The highest BCUT2D eigenvalue weighted by Gasteiger charge is 2.04. The third-order valence-electron chi connectivity index (χ3n) is 1.25. The number of nitrogen functional groups attached to an aromatic ring is 1. The zero-order valence-corrected chi connectivity index (χ0v) is 6.58. The van der Waals surface area contributed by atoms with Crippen molar-refractivity contribution in [1.82, 2.24) is 14.6 Å². The van der Waals surface area contributed by atoms with Crippen molar-refractivity contribution in [1.29, 1.82) is 0 Å². The Morgan fingerprint density at radius 2 is 2.42 bits per heavy atom. The molecule has 0 fully saturated rings. The van der Waals surface area contributed by atoms with Crippen LogP contribution < -0.4 is 11.3 Å². The molecule has 2 aromatic rings. The molecule has 0 atom stereocenters. The second kappa shape index (κ2) is 2.18. The second-order valence-electron chi connectivity index (χ2n) is 2.09. The average molecular weight is 184 g/mol. The number of fused-ring (bicyclic) bond motifs is 1. The van der Waals surface area contributed by atoms with Crippen LogP contribution in [-0.4, -0.2) is 19.7 Å². The smallest absolute Gasteiger partial charge is 0.279 e. The summed E-state index contributed by atoms with van der Waals surface area (Å²) in [6.45, 7) is 0. The Labute approximate surface area is 69.9 Å². The van der Waals surface area contributed by atoms with E-state index in [1.807, 2.05) is 0 Å². The predicted octanol–water partition coefficient (Wildman–Crippen LogP) is -0.561. The van der Waals surface area contributed by atoms with Crippen molar-refractivity contribution in [2.75, 3.05) is 5.73 Å². The van der Waals surface area contributed by atoms with Gasteiger partial charge in [-0.25, -0.2) is 0 Å². The Morgan fingerprint density at radius 1 is 1.67 bits per heavy atom. The van der Waals surface area contributed by atoms with E-state index in [1.165, 1.54) is 0 Å². The van der Waals surface area contributed by atoms with E-state index < -0.39 is 5.56 Å². The standard InChI is InChI=1S/C5H4N4O2S/c6-4-8-9-3(11)1-2(10)7-5(9)12-4/h1,10H,(H2,6,8). The highest BCUT2D eigenvalue weighted by atomic mass is 32.1. The molecule has 0 amide bonds. The molecular weight excluding hydrogens is 180 g/mol. The summed E-state index contributed by atoms with van der Waals surface area (Å²) in [5.74, 6) is -0.316. The minimum Gasteiger partial charge on any atom is -0.493 e. The fourth-order valence-electron chi connectivity index (χ4n) is 0.814. The van der Waals surface area contributed by atoms with Crippen molar-refractivity contribution < 1.29 is 5.11 Å². The molecule has 0 aromatic carbocycles. The van der Waals surface area contributed by atoms with Crippen LogP contribution in [0, 0.1) is 0 Å². The maximum Gasteiger partial charge on any atom is 0.279 e. The van der Waals surface area contributed by atoms with Gasteiger partial charge in [0.05, 0.1) is 6.07 Å². The van der Waals surface area contributed by atoms with E-state index in [2.05, 4.69) is 10.1 Å². The van der Waals surface area contributed by atoms with Crippen molar-refractivity contribution in [3.8, 4) is 5.88 Å². The number of aromatic hydroxyl groups is 1. The van der Waals surface area contributed by atoms with Gasteiger partial charge in [-0.2, -0.15) is 9.50 Å². The van der Waals surface area contributed by atoms with Crippen LogP contribution in [-0.2, 0) is 0 Å². The predicted molar refractivity (Wildman–Crippen MR) is 43.2 cm³/mol. The second-order valence-corrected chi connectivity index (χ2v) is 3.07. The van der Waals surface area contributed by atoms with Gasteiger partial charge in [0.2, 0.25) is 16.0 Å². The van der Waals surface area contributed by atoms with Gasteiger partial charge in [0, 0.05) is 0 Å². The lowest BCUT2D eigenvalue weighted by Crippen LogP contribution is -2.12. The third kappa shape index (κ3) is 0.909. The molecule has 2 aromatic heterocycles. The summed E-state index contributed by atoms with van der Waals surface area (Å²) >= 11 is 1.04. The van der Waals surface area contributed by atoms with Crippen LogP contribution in [0.2, 0.25) is 0 Å². The Kier molecular flexibility index (Phi) is 1.28. The molecular formula is C5H4N4O2S. The highest BCUT2D eigenvalue weighted by Crippen LogP contribution is 2.13. The molecule has 0 saturated carbocycles. The lowest BCUT2D eigenvalue weighted by atomic mass is 10.6. The maximum atomic E-state index is 11.1. The number of nitrogens with zero attached hydrogens (tertiary/aromatic N) is 3. The van der Waals surface area contributed by atoms with E-state index in [0.717, 1.165) is 21.9 Å². The van der Waals surface area contributed by atoms with Crippen LogP contribution in [0.1, 0.15) is 0 Å². The van der Waals surface area contributed by atoms with E-state index >= 15 is 0 Å². The number of anilines is 1. The number of hydrogen-bond acceptors (Lipinski definition) is 6. The lowest BCUT2D eigenvalue weighted by Gasteiger charge is -1.88. The number of hydrogen-bond donors (Lipinski definition) is 2. The number of rotatable bonds is 0. The number of aromatic nitrogens is 3. The first-order chi connectivity index (χ1) is 5.66. The molecule has 0 aliphatic heterocycles. The molecule has 3 N–H and O–H groups in total. The summed E-state index contributed by atoms with van der Waals surface area (Å²) in [7, 11) is 0. The van der Waals surface area contributed by atoms with Crippen LogP contribution >= 0.6 is 11.3 Å². The summed E-state index contributed by atoms with van der Waals surface area (Å²) in [6, 6.07) is 0.978. The Balaban J connectivity index is 2.98. The van der Waals surface area contributed by atoms with Gasteiger partial charge in [0.15, 0.2) is 0 Å². The third-order valence-corrected chi connectivity index (χ3v) is 1.98. The van der Waals surface area contributed by atoms with Gasteiger partial charge in [0.1, 0.15) is 0 Å². The van der Waals surface area contributed by atoms with Crippen molar-refractivity contribution in [3.63, 3.8) is 0 Å². The molecule has 6 nitrogen and oxygen atoms in total. The van der Waals surface area contributed by atoms with E-state index in [0.29, 0.717) is 0 Å². The highest BCUT2D eigenvalue weighted by molar-refractivity contribution is 7.20. The van der Waals surface area contributed by atoms with Crippen LogP contribution in [0.15, 0.2) is 10.9 Å². The summed E-state index contributed by atoms with van der Waals surface area (Å²) in [5, 5.41) is 12.9. The molecule has 2 rings (SSSR count). The molecule has 0 saturated heterocycles. The molecule has 0 bridgehead atoms. The van der Waals surface area contributed by atoms with Gasteiger partial charge >= 0.3 is 0 Å². The normalized spacial score (nSPS) is 10.7. The molecule has 0 spiro atoms. The summed E-state index contributed by atoms with van der Waals surface area (Å²) in [5.41, 5.74) is 4.90. The van der Waals surface area contributed by atoms with Gasteiger partial charge in [-0.3, -0.25) is 4.79 Å². The SMILES string of the molecule is Nc1nn2c(=O)cc(O)nc2s1. The zero-order valence-electron chi connectivity index (χ0n) is 5.76. The number of nitrogens with two attached hydrogens (primary N) is 1. The van der Waals surface area contributed by atoms with Crippen LogP contribution in [0.5, 0.6) is 5.88 Å². The van der Waals surface area contributed by atoms with E-state index in [1.54, 1.807) is 0 Å². The Bertz CT molecular complexity index is 488. The lowest BCUT2D eigenvalue weighted by molar-refractivity contribution is 0.452. The van der Waals surface area contributed by atoms with Gasteiger partial charge in [0.25, 0.3) is 5.56 Å². The molecule has 0 radical (unpaired) electrons. The van der Waals surface area contributed by atoms with Crippen molar-refractivity contribution in [2.24, 2.45) is 0 Å². The topological polar surface area (TPSA) is 93.5 Å². The van der Waals surface area contributed by atoms with Crippen LogP contribution in [0.25, 0.3) is 4.96 Å². The largest absolute Gasteiger partial charge is 0.493 e. The Morgan fingerprint density at radius 3 is 3.17 bits per heavy atom. The molecule has 2 heterocycles. The van der Waals surface area contributed by atoms with E-state index in [-0.39, 0.29) is 16.0 Å². The maximum absolute atomic E-state index is 11.1. The minimum absolute atomic E-state index is 0.241. The zero-order chi connectivity index (χ0) is 8.72. The van der Waals surface area contributed by atoms with Gasteiger partial charge in [-0.15, -0.1) is 5.10 Å². The molecule has 7 heteroatoms. The monoisotopic (exact) mass is 184 g/mol. The van der Waals surface area contributed by atoms with Gasteiger partial charge < -0.3 is 10.8 Å². The van der Waals surface area contributed by atoms with Crippen LogP contribution in [0.4, 0.5) is 5.13 Å². The molecule has 0 aliphatic carbocycles. The van der Waals surface area contributed by atoms with E-state index in [4.69, 9.17) is 10.8 Å². The quantitative estimate of drug-likeness (QED) is 0.572. The summed E-state index contributed by atoms with van der Waals surface area (Å²) in [6.07, 6.45) is 0. The van der Waals surface area contributed by atoms with Gasteiger partial charge in [-0.05, 0) is 0 Å². The first kappa shape index (κ1) is 7.04. The Hall–Kier alpha value is -1.63. The summed E-state index contributed by atoms with van der Waals surface area (Å²) < 4.78 is 1.04. The van der Waals surface area contributed by atoms with Crippen molar-refractivity contribution in [2.45, 2.75) is 0 Å².